The first-order valence-electron chi connectivity index (χ1n) is 11.9. The molecule has 0 radical (unpaired) electrons. The molecule has 1 amide bonds. The average Bonchev–Trinajstić information content (AvgIpc) is 3.58. The summed E-state index contributed by atoms with van der Waals surface area (Å²) < 4.78 is 34.5. The Morgan fingerprint density at radius 2 is 1.95 bits per heavy atom. The molecule has 1 fully saturated rings. The zero-order valence-corrected chi connectivity index (χ0v) is 22.2. The second-order valence-corrected chi connectivity index (χ2v) is 12.0. The van der Waals surface area contributed by atoms with Gasteiger partial charge in [-0.15, -0.1) is 11.3 Å². The van der Waals surface area contributed by atoms with E-state index in [1.54, 1.807) is 28.6 Å². The predicted octanol–water partition coefficient (Wildman–Crippen LogP) is 3.34. The third kappa shape index (κ3) is 4.95. The summed E-state index contributed by atoms with van der Waals surface area (Å²) in [6.45, 7) is 3.55. The van der Waals surface area contributed by atoms with Gasteiger partial charge < -0.3 is 4.74 Å². The van der Waals surface area contributed by atoms with Crippen LogP contribution in [0.25, 0.3) is 11.1 Å². The zero-order chi connectivity index (χ0) is 26.2. The Hall–Kier alpha value is -3.37. The van der Waals surface area contributed by atoms with Crippen molar-refractivity contribution >= 4 is 32.6 Å². The van der Waals surface area contributed by atoms with Crippen LogP contribution in [-0.2, 0) is 23.2 Å². The van der Waals surface area contributed by atoms with E-state index < -0.39 is 16.1 Å². The van der Waals surface area contributed by atoms with Gasteiger partial charge in [0.25, 0.3) is 16.1 Å². The standard InChI is InChI=1S/C25H26N6O4S2/c1-16-11-18(19-12-17(13-26)5-6-22(19)35-2)20(14-27-16)24(32)29-25-28-21-7-10-31(15-23(21)36-25)37(33,34)30-8-3-4-9-30/h5-6,11-12,14H,3-4,7-10,15H2,1-2H3,(H,28,29,32). The summed E-state index contributed by atoms with van der Waals surface area (Å²) in [5.41, 5.74) is 3.46. The van der Waals surface area contributed by atoms with Crippen molar-refractivity contribution in [2.45, 2.75) is 32.7 Å². The minimum Gasteiger partial charge on any atom is -0.496 e. The molecule has 1 saturated heterocycles. The van der Waals surface area contributed by atoms with Crippen LogP contribution >= 0.6 is 11.3 Å². The van der Waals surface area contributed by atoms with Gasteiger partial charge in [-0.2, -0.15) is 22.3 Å². The summed E-state index contributed by atoms with van der Waals surface area (Å²) in [7, 11) is -1.97. The number of hydrogen-bond donors (Lipinski definition) is 1. The van der Waals surface area contributed by atoms with Crippen molar-refractivity contribution in [2.75, 3.05) is 32.1 Å². The van der Waals surface area contributed by atoms with E-state index in [-0.39, 0.29) is 6.54 Å². The SMILES string of the molecule is COc1ccc(C#N)cc1-c1cc(C)ncc1C(=O)Nc1nc2c(s1)CN(S(=O)(=O)N1CCCC1)CC2. The fraction of sp³-hybridized carbons (Fsp3) is 0.360. The van der Waals surface area contributed by atoms with Crippen molar-refractivity contribution in [1.82, 2.24) is 18.6 Å². The van der Waals surface area contributed by atoms with Crippen LogP contribution in [0.1, 0.15) is 45.0 Å². The topological polar surface area (TPSA) is 129 Å². The molecule has 1 aromatic carbocycles. The molecule has 2 aromatic heterocycles. The summed E-state index contributed by atoms with van der Waals surface area (Å²) in [5.74, 6) is 0.127. The highest BCUT2D eigenvalue weighted by atomic mass is 32.2. The molecule has 0 atom stereocenters. The molecule has 1 N–H and O–H groups in total. The number of benzene rings is 1. The number of nitrogens with zero attached hydrogens (tertiary/aromatic N) is 5. The number of anilines is 1. The lowest BCUT2D eigenvalue weighted by Gasteiger charge is -2.29. The molecule has 192 valence electrons. The van der Waals surface area contributed by atoms with Crippen LogP contribution in [0.5, 0.6) is 5.75 Å². The van der Waals surface area contributed by atoms with Gasteiger partial charge in [0.15, 0.2) is 5.13 Å². The molecule has 2 aliphatic heterocycles. The van der Waals surface area contributed by atoms with E-state index in [2.05, 4.69) is 21.4 Å². The van der Waals surface area contributed by atoms with Crippen molar-refractivity contribution < 1.29 is 17.9 Å². The van der Waals surface area contributed by atoms with Gasteiger partial charge in [0.2, 0.25) is 0 Å². The van der Waals surface area contributed by atoms with E-state index in [0.717, 1.165) is 23.4 Å². The first-order valence-corrected chi connectivity index (χ1v) is 14.1. The summed E-state index contributed by atoms with van der Waals surface area (Å²) in [5, 5.41) is 12.6. The quantitative estimate of drug-likeness (QED) is 0.510. The van der Waals surface area contributed by atoms with E-state index >= 15 is 0 Å². The Bertz CT molecular complexity index is 1510. The Kier molecular flexibility index (Phi) is 6.96. The number of aryl methyl sites for hydroxylation is 1. The predicted molar refractivity (Wildman–Crippen MR) is 140 cm³/mol. The van der Waals surface area contributed by atoms with Crippen LogP contribution in [-0.4, -0.2) is 59.6 Å². The molecule has 0 bridgehead atoms. The largest absolute Gasteiger partial charge is 0.496 e. The van der Waals surface area contributed by atoms with Gasteiger partial charge in [0.05, 0.1) is 36.5 Å². The number of carbonyl (C=O) groups excluding carboxylic acids is 1. The van der Waals surface area contributed by atoms with Crippen molar-refractivity contribution in [3.05, 3.63) is 57.9 Å². The van der Waals surface area contributed by atoms with Crippen molar-refractivity contribution in [2.24, 2.45) is 0 Å². The number of hydrogen-bond acceptors (Lipinski definition) is 8. The van der Waals surface area contributed by atoms with Gasteiger partial charge >= 0.3 is 0 Å². The molecule has 37 heavy (non-hydrogen) atoms. The lowest BCUT2D eigenvalue weighted by atomic mass is 9.97. The number of pyridine rings is 1. The highest BCUT2D eigenvalue weighted by Gasteiger charge is 2.35. The Morgan fingerprint density at radius 1 is 1.16 bits per heavy atom. The molecule has 2 aliphatic rings. The van der Waals surface area contributed by atoms with Gasteiger partial charge in [-0.05, 0) is 44.0 Å². The third-order valence-corrected chi connectivity index (χ3v) is 9.52. The number of aromatic nitrogens is 2. The molecule has 4 heterocycles. The molecule has 0 spiro atoms. The maximum atomic E-state index is 13.4. The van der Waals surface area contributed by atoms with Crippen LogP contribution < -0.4 is 10.1 Å². The second-order valence-electron chi connectivity index (χ2n) is 8.94. The van der Waals surface area contributed by atoms with Crippen molar-refractivity contribution in [3.63, 3.8) is 0 Å². The van der Waals surface area contributed by atoms with Crippen LogP contribution in [0.15, 0.2) is 30.5 Å². The van der Waals surface area contributed by atoms with Crippen LogP contribution in [0.2, 0.25) is 0 Å². The number of methoxy groups -OCH3 is 1. The molecule has 12 heteroatoms. The van der Waals surface area contributed by atoms with Crippen LogP contribution in [0.4, 0.5) is 5.13 Å². The summed E-state index contributed by atoms with van der Waals surface area (Å²) >= 11 is 1.28. The number of amides is 1. The summed E-state index contributed by atoms with van der Waals surface area (Å²) in [4.78, 5) is 23.1. The molecular weight excluding hydrogens is 512 g/mol. The van der Waals surface area contributed by atoms with E-state index in [9.17, 15) is 18.5 Å². The third-order valence-electron chi connectivity index (χ3n) is 6.54. The number of rotatable bonds is 6. The minimum atomic E-state index is -3.50. The maximum Gasteiger partial charge on any atom is 0.282 e. The highest BCUT2D eigenvalue weighted by Crippen LogP contribution is 2.35. The second kappa shape index (κ2) is 10.2. The lowest BCUT2D eigenvalue weighted by Crippen LogP contribution is -2.44. The number of thiazole rings is 1. The molecule has 0 aliphatic carbocycles. The summed E-state index contributed by atoms with van der Waals surface area (Å²) in [6.07, 6.45) is 3.76. The summed E-state index contributed by atoms with van der Waals surface area (Å²) in [6, 6.07) is 8.94. The van der Waals surface area contributed by atoms with Gasteiger partial charge in [-0.3, -0.25) is 15.1 Å². The van der Waals surface area contributed by atoms with Crippen LogP contribution in [0.3, 0.4) is 0 Å². The van der Waals surface area contributed by atoms with E-state index in [1.165, 1.54) is 28.9 Å². The Labute approximate surface area is 219 Å². The smallest absolute Gasteiger partial charge is 0.282 e. The molecule has 0 unspecified atom stereocenters. The zero-order valence-electron chi connectivity index (χ0n) is 20.5. The van der Waals surface area contributed by atoms with Crippen molar-refractivity contribution in [3.8, 4) is 22.9 Å². The Morgan fingerprint density at radius 3 is 2.68 bits per heavy atom. The average molecular weight is 539 g/mol. The number of fused-ring (bicyclic) bond motifs is 1. The Balaban J connectivity index is 1.40. The van der Waals surface area contributed by atoms with Crippen molar-refractivity contribution in [1.29, 1.82) is 5.26 Å². The lowest BCUT2D eigenvalue weighted by molar-refractivity contribution is 0.102. The monoisotopic (exact) mass is 538 g/mol. The van der Waals surface area contributed by atoms with E-state index in [4.69, 9.17) is 4.74 Å². The fourth-order valence-corrected chi connectivity index (χ4v) is 7.38. The molecular formula is C25H26N6O4S2. The number of carbonyl (C=O) groups is 1. The maximum absolute atomic E-state index is 13.4. The molecule has 5 rings (SSSR count). The first-order chi connectivity index (χ1) is 17.8. The van der Waals surface area contributed by atoms with Crippen LogP contribution in [0, 0.1) is 18.3 Å². The molecule has 3 aromatic rings. The van der Waals surface area contributed by atoms with Gasteiger partial charge in [0.1, 0.15) is 5.75 Å². The normalized spacial score (nSPS) is 16.2. The molecule has 0 saturated carbocycles. The van der Waals surface area contributed by atoms with E-state index in [0.29, 0.717) is 64.9 Å². The fourth-order valence-electron chi connectivity index (χ4n) is 4.62. The van der Waals surface area contributed by atoms with Gasteiger partial charge in [0, 0.05) is 53.9 Å². The number of nitrogens with one attached hydrogen (secondary N) is 1. The van der Waals surface area contributed by atoms with E-state index in [1.807, 2.05) is 6.92 Å². The first kappa shape index (κ1) is 25.3. The number of ether oxygens (including phenoxy) is 1. The number of nitriles is 1. The minimum absolute atomic E-state index is 0.247. The molecule has 10 nitrogen and oxygen atoms in total. The van der Waals surface area contributed by atoms with Gasteiger partial charge in [-0.25, -0.2) is 4.98 Å². The van der Waals surface area contributed by atoms with Gasteiger partial charge in [-0.1, -0.05) is 0 Å². The highest BCUT2D eigenvalue weighted by molar-refractivity contribution is 7.86.